The fraction of sp³-hybridized carbons (Fsp3) is 0.625. The molecule has 2 aliphatic heterocycles. The van der Waals surface area contributed by atoms with Crippen LogP contribution < -0.4 is 0 Å². The molecule has 2 heterocycles. The first-order chi connectivity index (χ1) is 10.4. The molecule has 2 saturated heterocycles. The van der Waals surface area contributed by atoms with Crippen LogP contribution in [0.4, 0.5) is 0 Å². The third-order valence-electron chi connectivity index (χ3n) is 4.58. The smallest absolute Gasteiger partial charge is 0.0219 e. The van der Waals surface area contributed by atoms with Gasteiger partial charge in [-0.05, 0) is 102 Å². The topological polar surface area (TPSA) is 0 Å². The van der Waals surface area contributed by atoms with Gasteiger partial charge in [0.1, 0.15) is 0 Å². The number of halogens is 4. The molecule has 0 spiro atoms. The van der Waals surface area contributed by atoms with Crippen LogP contribution in [-0.2, 0) is 11.5 Å². The largest absolute Gasteiger partial charge is 0.179 e. The van der Waals surface area contributed by atoms with E-state index in [0.717, 1.165) is 0 Å². The van der Waals surface area contributed by atoms with Crippen molar-refractivity contribution < 1.29 is 0 Å². The van der Waals surface area contributed by atoms with E-state index in [-0.39, 0.29) is 0 Å². The van der Waals surface area contributed by atoms with Crippen LogP contribution in [0.15, 0.2) is 21.1 Å². The monoisotopic (exact) mass is 594 g/mol. The third-order valence-corrected chi connectivity index (χ3v) is 17.1. The van der Waals surface area contributed by atoms with E-state index in [9.17, 15) is 0 Å². The van der Waals surface area contributed by atoms with Crippen molar-refractivity contribution in [3.05, 3.63) is 32.2 Å². The van der Waals surface area contributed by atoms with E-state index in [4.69, 9.17) is 0 Å². The molecule has 1 aromatic carbocycles. The summed E-state index contributed by atoms with van der Waals surface area (Å²) in [5.41, 5.74) is 2.93. The lowest BCUT2D eigenvalue weighted by molar-refractivity contribution is 0.949. The Morgan fingerprint density at radius 2 is 1.00 bits per heavy atom. The van der Waals surface area contributed by atoms with Gasteiger partial charge < -0.3 is 0 Å². The molecule has 0 bridgehead atoms. The molecule has 0 unspecified atom stereocenters. The van der Waals surface area contributed by atoms with E-state index in [1.165, 1.54) is 80.3 Å². The Labute approximate surface area is 169 Å². The van der Waals surface area contributed by atoms with Crippen LogP contribution in [0.1, 0.15) is 36.8 Å². The molecule has 0 aromatic heterocycles. The lowest BCUT2D eigenvalue weighted by Crippen LogP contribution is -2.02. The van der Waals surface area contributed by atoms with Gasteiger partial charge in [-0.2, -0.15) is 16.9 Å². The van der Waals surface area contributed by atoms with Crippen LogP contribution in [0.3, 0.4) is 0 Å². The summed E-state index contributed by atoms with van der Waals surface area (Å²) in [5.74, 6) is 7.94. The summed E-state index contributed by atoms with van der Waals surface area (Å²) in [6.07, 6.45) is 5.58. The van der Waals surface area contributed by atoms with Gasteiger partial charge in [0.05, 0.1) is 0 Å². The maximum atomic E-state index is 4.08. The minimum atomic E-state index is -0.586. The lowest BCUT2D eigenvalue weighted by Gasteiger charge is -2.30. The summed E-state index contributed by atoms with van der Waals surface area (Å²) < 4.78 is 2.61. The Hall–Kier alpha value is 1.84. The molecule has 0 nitrogen and oxygen atoms in total. The van der Waals surface area contributed by atoms with E-state index in [1.807, 2.05) is 0 Å². The van der Waals surface area contributed by atoms with Crippen molar-refractivity contribution in [2.45, 2.75) is 37.2 Å². The second-order valence-corrected chi connectivity index (χ2v) is 22.4. The Balaban J connectivity index is 1.78. The summed E-state index contributed by atoms with van der Waals surface area (Å²) in [6.45, 7) is 0. The van der Waals surface area contributed by atoms with Crippen molar-refractivity contribution in [1.82, 2.24) is 0 Å². The Morgan fingerprint density at radius 1 is 0.682 bits per heavy atom. The predicted molar refractivity (Wildman–Crippen MR) is 120 cm³/mol. The van der Waals surface area contributed by atoms with Crippen molar-refractivity contribution in [3.8, 4) is 0 Å². The van der Waals surface area contributed by atoms with Crippen molar-refractivity contribution >= 4 is 78.4 Å². The molecule has 22 heavy (non-hydrogen) atoms. The van der Waals surface area contributed by atoms with Gasteiger partial charge in [-0.3, -0.25) is 0 Å². The minimum Gasteiger partial charge on any atom is -0.179 e. The molecule has 6 heteroatoms. The van der Waals surface area contributed by atoms with Crippen LogP contribution in [0.2, 0.25) is 0 Å². The second kappa shape index (κ2) is 7.61. The summed E-state index contributed by atoms with van der Waals surface area (Å²) >= 11 is 15.9. The Bertz CT molecular complexity index is 500. The molecule has 2 fully saturated rings. The summed E-state index contributed by atoms with van der Waals surface area (Å²) in [5, 5.41) is 0. The zero-order chi connectivity index (χ0) is 15.8. The van der Waals surface area contributed by atoms with Crippen LogP contribution in [0, 0.1) is 0 Å². The summed E-state index contributed by atoms with van der Waals surface area (Å²) in [6, 6.07) is 4.75. The fourth-order valence-electron chi connectivity index (χ4n) is 3.34. The molecule has 2 aliphatic rings. The van der Waals surface area contributed by atoms with E-state index >= 15 is 0 Å². The highest BCUT2D eigenvalue weighted by atomic mass is 79.9. The van der Waals surface area contributed by atoms with Crippen LogP contribution in [0.5, 0.6) is 0 Å². The van der Waals surface area contributed by atoms with Gasteiger partial charge >= 0.3 is 0 Å². The molecule has 0 aliphatic carbocycles. The molecule has 0 N–H and O–H groups in total. The zero-order valence-electron chi connectivity index (χ0n) is 12.6. The number of hydrogen-bond acceptors (Lipinski definition) is 0. The SMILES string of the molecule is Brc1cc(CS2(Br)CCCC2)c(Br)cc1CS1(Br)CCCC1. The van der Waals surface area contributed by atoms with Gasteiger partial charge in [0.25, 0.3) is 0 Å². The molecule has 1 aromatic rings. The van der Waals surface area contributed by atoms with E-state index < -0.39 is 16.9 Å². The summed E-state index contributed by atoms with van der Waals surface area (Å²) in [7, 11) is -1.17. The minimum absolute atomic E-state index is 0.586. The summed E-state index contributed by atoms with van der Waals surface area (Å²) in [4.78, 5) is 0. The van der Waals surface area contributed by atoms with E-state index in [0.29, 0.717) is 0 Å². The van der Waals surface area contributed by atoms with Crippen molar-refractivity contribution in [2.75, 3.05) is 23.0 Å². The molecule has 0 amide bonds. The maximum Gasteiger partial charge on any atom is 0.0219 e. The third kappa shape index (κ3) is 4.51. The second-order valence-electron chi connectivity index (χ2n) is 6.43. The number of hydrogen-bond donors (Lipinski definition) is 0. The van der Waals surface area contributed by atoms with Gasteiger partial charge in [0.2, 0.25) is 0 Å². The Morgan fingerprint density at radius 3 is 1.32 bits per heavy atom. The molecule has 3 rings (SSSR count). The first kappa shape index (κ1) is 18.6. The van der Waals surface area contributed by atoms with E-state index in [1.54, 1.807) is 0 Å². The zero-order valence-corrected chi connectivity index (χ0v) is 20.5. The molecular weight excluding hydrogens is 576 g/mol. The van der Waals surface area contributed by atoms with Crippen LogP contribution in [-0.4, -0.2) is 23.0 Å². The average Bonchev–Trinajstić information content (AvgIpc) is 3.05. The highest BCUT2D eigenvalue weighted by Gasteiger charge is 2.29. The quantitative estimate of drug-likeness (QED) is 0.330. The molecule has 0 saturated carbocycles. The van der Waals surface area contributed by atoms with Crippen LogP contribution in [0.25, 0.3) is 0 Å². The average molecular weight is 598 g/mol. The fourth-order valence-corrected chi connectivity index (χ4v) is 14.5. The predicted octanol–water partition coefficient (Wildman–Crippen LogP) is 8.03. The first-order valence-corrected chi connectivity index (χ1v) is 17.3. The molecule has 0 radical (unpaired) electrons. The standard InChI is InChI=1S/C16H22Br4S2/c17-15-10-14(12-22(20)7-3-4-8-22)16(18)9-13(15)11-21(19)5-1-2-6-21/h9-10H,1-8,11-12H2. The van der Waals surface area contributed by atoms with Crippen LogP contribution >= 0.6 is 78.4 Å². The van der Waals surface area contributed by atoms with Gasteiger partial charge in [0.15, 0.2) is 0 Å². The number of benzene rings is 1. The van der Waals surface area contributed by atoms with Crippen molar-refractivity contribution in [1.29, 1.82) is 0 Å². The van der Waals surface area contributed by atoms with Gasteiger partial charge in [-0.25, -0.2) is 0 Å². The lowest BCUT2D eigenvalue weighted by atomic mass is 10.2. The van der Waals surface area contributed by atoms with E-state index in [2.05, 4.69) is 73.6 Å². The highest BCUT2D eigenvalue weighted by Crippen LogP contribution is 2.64. The van der Waals surface area contributed by atoms with Gasteiger partial charge in [0, 0.05) is 20.5 Å². The van der Waals surface area contributed by atoms with Gasteiger partial charge in [-0.15, -0.1) is 0 Å². The molecular formula is C16H22Br4S2. The van der Waals surface area contributed by atoms with Crippen molar-refractivity contribution in [2.24, 2.45) is 0 Å². The Kier molecular flexibility index (Phi) is 6.44. The molecule has 0 atom stereocenters. The number of rotatable bonds is 4. The van der Waals surface area contributed by atoms with Crippen molar-refractivity contribution in [3.63, 3.8) is 0 Å². The van der Waals surface area contributed by atoms with Gasteiger partial charge in [-0.1, -0.05) is 31.9 Å². The highest BCUT2D eigenvalue weighted by molar-refractivity contribution is 9.58. The first-order valence-electron chi connectivity index (χ1n) is 7.78. The molecule has 126 valence electrons. The maximum absolute atomic E-state index is 4.08. The normalized spacial score (nSPS) is 26.0.